The number of nitrogens with one attached hydrogen (secondary N) is 1. The van der Waals surface area contributed by atoms with Gasteiger partial charge in [-0.15, -0.1) is 11.8 Å². The van der Waals surface area contributed by atoms with Crippen LogP contribution in [-0.2, 0) is 0 Å². The van der Waals surface area contributed by atoms with Gasteiger partial charge in [0.25, 0.3) is 0 Å². The second-order valence-corrected chi connectivity index (χ2v) is 7.04. The first-order chi connectivity index (χ1) is 9.78. The molecule has 2 fully saturated rings. The lowest BCUT2D eigenvalue weighted by Crippen LogP contribution is -2.45. The maximum atomic E-state index is 3.88. The summed E-state index contributed by atoms with van der Waals surface area (Å²) in [6.45, 7) is 4.92. The molecule has 20 heavy (non-hydrogen) atoms. The van der Waals surface area contributed by atoms with Gasteiger partial charge in [-0.25, -0.2) is 0 Å². The van der Waals surface area contributed by atoms with Gasteiger partial charge >= 0.3 is 0 Å². The Morgan fingerprint density at radius 1 is 1.15 bits per heavy atom. The molecule has 1 aromatic rings. The molecular formula is C17H26N2S. The van der Waals surface area contributed by atoms with Crippen LogP contribution < -0.4 is 5.32 Å². The SMILES string of the molecule is CSc1ccc(C(C)NC2CCN3CCCCC23)cc1. The van der Waals surface area contributed by atoms with E-state index in [0.717, 1.165) is 6.04 Å². The lowest BCUT2D eigenvalue weighted by Gasteiger charge is -2.34. The quantitative estimate of drug-likeness (QED) is 0.852. The van der Waals surface area contributed by atoms with Crippen molar-refractivity contribution < 1.29 is 0 Å². The first-order valence-electron chi connectivity index (χ1n) is 7.92. The van der Waals surface area contributed by atoms with Crippen LogP contribution in [0.3, 0.4) is 0 Å². The van der Waals surface area contributed by atoms with Crippen LogP contribution >= 0.6 is 11.8 Å². The maximum Gasteiger partial charge on any atom is 0.0295 e. The van der Waals surface area contributed by atoms with Crippen molar-refractivity contribution in [3.63, 3.8) is 0 Å². The summed E-state index contributed by atoms with van der Waals surface area (Å²) < 4.78 is 0. The molecule has 3 atom stereocenters. The Morgan fingerprint density at radius 3 is 2.70 bits per heavy atom. The summed E-state index contributed by atoms with van der Waals surface area (Å²) in [5.74, 6) is 0. The molecule has 0 aromatic heterocycles. The molecule has 1 N–H and O–H groups in total. The predicted octanol–water partition coefficient (Wildman–Crippen LogP) is 3.69. The highest BCUT2D eigenvalue weighted by Crippen LogP contribution is 2.29. The second kappa shape index (κ2) is 6.50. The fourth-order valence-electron chi connectivity index (χ4n) is 3.75. The third-order valence-electron chi connectivity index (χ3n) is 4.94. The highest BCUT2D eigenvalue weighted by atomic mass is 32.2. The summed E-state index contributed by atoms with van der Waals surface area (Å²) in [6, 6.07) is 11.0. The Hall–Kier alpha value is -0.510. The summed E-state index contributed by atoms with van der Waals surface area (Å²) in [6.07, 6.45) is 7.64. The average molecular weight is 290 g/mol. The Labute approximate surface area is 127 Å². The Morgan fingerprint density at radius 2 is 1.95 bits per heavy atom. The first-order valence-corrected chi connectivity index (χ1v) is 9.14. The van der Waals surface area contributed by atoms with Gasteiger partial charge < -0.3 is 5.32 Å². The smallest absolute Gasteiger partial charge is 0.0295 e. The van der Waals surface area contributed by atoms with Crippen LogP contribution in [-0.4, -0.2) is 36.3 Å². The van der Waals surface area contributed by atoms with Crippen LogP contribution in [0.5, 0.6) is 0 Å². The van der Waals surface area contributed by atoms with Crippen molar-refractivity contribution in [3.05, 3.63) is 29.8 Å². The number of benzene rings is 1. The van der Waals surface area contributed by atoms with Crippen molar-refractivity contribution >= 4 is 11.8 Å². The lowest BCUT2D eigenvalue weighted by atomic mass is 9.97. The van der Waals surface area contributed by atoms with Crippen molar-refractivity contribution in [2.75, 3.05) is 19.3 Å². The fourth-order valence-corrected chi connectivity index (χ4v) is 4.16. The predicted molar refractivity (Wildman–Crippen MR) is 87.4 cm³/mol. The van der Waals surface area contributed by atoms with E-state index in [1.165, 1.54) is 49.2 Å². The second-order valence-electron chi connectivity index (χ2n) is 6.16. The normalized spacial score (nSPS) is 28.3. The zero-order valence-corrected chi connectivity index (χ0v) is 13.5. The molecule has 0 aliphatic carbocycles. The maximum absolute atomic E-state index is 3.88. The van der Waals surface area contributed by atoms with E-state index >= 15 is 0 Å². The van der Waals surface area contributed by atoms with Gasteiger partial charge in [-0.3, -0.25) is 4.90 Å². The number of hydrogen-bond donors (Lipinski definition) is 1. The van der Waals surface area contributed by atoms with E-state index in [2.05, 4.69) is 47.7 Å². The largest absolute Gasteiger partial charge is 0.306 e. The topological polar surface area (TPSA) is 15.3 Å². The molecule has 1 aromatic carbocycles. The van der Waals surface area contributed by atoms with E-state index in [0.29, 0.717) is 12.1 Å². The number of hydrogen-bond acceptors (Lipinski definition) is 3. The van der Waals surface area contributed by atoms with E-state index in [1.54, 1.807) is 0 Å². The third-order valence-corrected chi connectivity index (χ3v) is 5.68. The molecule has 2 aliphatic heterocycles. The Balaban J connectivity index is 1.61. The van der Waals surface area contributed by atoms with Crippen LogP contribution in [0.1, 0.15) is 44.2 Å². The zero-order valence-electron chi connectivity index (χ0n) is 12.6. The molecule has 110 valence electrons. The van der Waals surface area contributed by atoms with Gasteiger partial charge in [0.15, 0.2) is 0 Å². The van der Waals surface area contributed by atoms with Crippen molar-refractivity contribution in [2.24, 2.45) is 0 Å². The van der Waals surface area contributed by atoms with Crippen molar-refractivity contribution in [2.45, 2.75) is 55.6 Å². The van der Waals surface area contributed by atoms with Crippen molar-refractivity contribution in [1.29, 1.82) is 0 Å². The molecule has 3 rings (SSSR count). The van der Waals surface area contributed by atoms with Gasteiger partial charge in [-0.05, 0) is 56.7 Å². The first kappa shape index (κ1) is 14.4. The molecule has 0 spiro atoms. The summed E-state index contributed by atoms with van der Waals surface area (Å²) in [7, 11) is 0. The fraction of sp³-hybridized carbons (Fsp3) is 0.647. The molecule has 3 unspecified atom stereocenters. The minimum Gasteiger partial charge on any atom is -0.306 e. The highest BCUT2D eigenvalue weighted by Gasteiger charge is 2.35. The molecule has 2 saturated heterocycles. The highest BCUT2D eigenvalue weighted by molar-refractivity contribution is 7.98. The van der Waals surface area contributed by atoms with Crippen LogP contribution in [0.15, 0.2) is 29.2 Å². The molecule has 2 nitrogen and oxygen atoms in total. The monoisotopic (exact) mass is 290 g/mol. The van der Waals surface area contributed by atoms with Gasteiger partial charge in [0.05, 0.1) is 0 Å². The molecule has 0 radical (unpaired) electrons. The minimum absolute atomic E-state index is 0.456. The number of nitrogens with zero attached hydrogens (tertiary/aromatic N) is 1. The van der Waals surface area contributed by atoms with Gasteiger partial charge in [-0.1, -0.05) is 18.6 Å². The van der Waals surface area contributed by atoms with Crippen LogP contribution in [0.25, 0.3) is 0 Å². The van der Waals surface area contributed by atoms with Crippen LogP contribution in [0, 0.1) is 0 Å². The molecule has 2 aliphatic rings. The number of thioether (sulfide) groups is 1. The Bertz CT molecular complexity index is 431. The van der Waals surface area contributed by atoms with Crippen LogP contribution in [0.2, 0.25) is 0 Å². The minimum atomic E-state index is 0.456. The molecular weight excluding hydrogens is 264 g/mol. The molecule has 0 amide bonds. The number of fused-ring (bicyclic) bond motifs is 1. The molecule has 3 heteroatoms. The van der Waals surface area contributed by atoms with E-state index < -0.39 is 0 Å². The van der Waals surface area contributed by atoms with E-state index in [4.69, 9.17) is 0 Å². The van der Waals surface area contributed by atoms with Crippen molar-refractivity contribution in [1.82, 2.24) is 10.2 Å². The standard InChI is InChI=1S/C17H26N2S/c1-13(14-6-8-15(20-2)9-7-14)18-16-10-12-19-11-4-3-5-17(16)19/h6-9,13,16-18H,3-5,10-12H2,1-2H3. The number of rotatable bonds is 4. The van der Waals surface area contributed by atoms with Gasteiger partial charge in [-0.2, -0.15) is 0 Å². The van der Waals surface area contributed by atoms with E-state index in [9.17, 15) is 0 Å². The van der Waals surface area contributed by atoms with Crippen LogP contribution in [0.4, 0.5) is 0 Å². The summed E-state index contributed by atoms with van der Waals surface area (Å²) in [5, 5.41) is 3.88. The summed E-state index contributed by atoms with van der Waals surface area (Å²) in [4.78, 5) is 4.05. The van der Waals surface area contributed by atoms with Crippen molar-refractivity contribution in [3.8, 4) is 0 Å². The number of piperidine rings is 1. The third kappa shape index (κ3) is 3.05. The summed E-state index contributed by atoms with van der Waals surface area (Å²) in [5.41, 5.74) is 1.41. The zero-order chi connectivity index (χ0) is 13.9. The van der Waals surface area contributed by atoms with Gasteiger partial charge in [0.1, 0.15) is 0 Å². The van der Waals surface area contributed by atoms with E-state index in [1.807, 2.05) is 11.8 Å². The lowest BCUT2D eigenvalue weighted by molar-refractivity contribution is 0.177. The molecule has 2 heterocycles. The summed E-state index contributed by atoms with van der Waals surface area (Å²) >= 11 is 1.81. The van der Waals surface area contributed by atoms with E-state index in [-0.39, 0.29) is 0 Å². The molecule has 0 bridgehead atoms. The molecule has 0 saturated carbocycles. The van der Waals surface area contributed by atoms with Gasteiger partial charge in [0.2, 0.25) is 0 Å². The average Bonchev–Trinajstić information content (AvgIpc) is 2.91. The Kier molecular flexibility index (Phi) is 4.69. The van der Waals surface area contributed by atoms with Gasteiger partial charge in [0, 0.05) is 29.6 Å².